The Labute approximate surface area is 127 Å². The van der Waals surface area contributed by atoms with Crippen LogP contribution in [0.25, 0.3) is 0 Å². The zero-order valence-corrected chi connectivity index (χ0v) is 12.8. The van der Waals surface area contributed by atoms with Crippen LogP contribution < -0.4 is 11.1 Å². The van der Waals surface area contributed by atoms with Gasteiger partial charge in [0.05, 0.1) is 16.3 Å². The fraction of sp³-hybridized carbons (Fsp3) is 0.133. The summed E-state index contributed by atoms with van der Waals surface area (Å²) in [6.45, 7) is 2.01. The second kappa shape index (κ2) is 6.20. The maximum Gasteiger partial charge on any atom is 0.252 e. The normalized spacial score (nSPS) is 10.3. The lowest BCUT2D eigenvalue weighted by atomic mass is 10.1. The van der Waals surface area contributed by atoms with Gasteiger partial charge >= 0.3 is 0 Å². The third kappa shape index (κ3) is 3.26. The van der Waals surface area contributed by atoms with Gasteiger partial charge in [-0.05, 0) is 43.0 Å². The predicted molar refractivity (Wildman–Crippen MR) is 86.2 cm³/mol. The summed E-state index contributed by atoms with van der Waals surface area (Å²) in [5.74, 6) is -0.544. The van der Waals surface area contributed by atoms with Crippen LogP contribution >= 0.6 is 23.4 Å². The van der Waals surface area contributed by atoms with E-state index >= 15 is 0 Å². The average Bonchev–Trinajstić information content (AvgIpc) is 2.37. The first-order valence-electron chi connectivity index (χ1n) is 6.02. The van der Waals surface area contributed by atoms with Gasteiger partial charge in [-0.3, -0.25) is 4.79 Å². The second-order valence-electron chi connectivity index (χ2n) is 4.39. The van der Waals surface area contributed by atoms with Gasteiger partial charge in [0.1, 0.15) is 0 Å². The largest absolute Gasteiger partial charge is 0.365 e. The van der Waals surface area contributed by atoms with E-state index in [0.29, 0.717) is 16.3 Å². The Balaban J connectivity index is 2.48. The highest BCUT2D eigenvalue weighted by molar-refractivity contribution is 7.98. The van der Waals surface area contributed by atoms with Gasteiger partial charge in [0.2, 0.25) is 0 Å². The molecule has 0 radical (unpaired) electrons. The van der Waals surface area contributed by atoms with E-state index in [1.807, 2.05) is 43.5 Å². The van der Waals surface area contributed by atoms with Gasteiger partial charge in [-0.1, -0.05) is 23.7 Å². The van der Waals surface area contributed by atoms with Gasteiger partial charge in [-0.2, -0.15) is 0 Å². The van der Waals surface area contributed by atoms with Gasteiger partial charge in [-0.15, -0.1) is 11.8 Å². The summed E-state index contributed by atoms with van der Waals surface area (Å²) in [6, 6.07) is 11.5. The first kappa shape index (κ1) is 14.8. The van der Waals surface area contributed by atoms with Crippen molar-refractivity contribution in [3.63, 3.8) is 0 Å². The molecule has 2 aromatic rings. The van der Waals surface area contributed by atoms with E-state index in [1.165, 1.54) is 0 Å². The number of benzene rings is 2. The van der Waals surface area contributed by atoms with Crippen LogP contribution in [0.3, 0.4) is 0 Å². The van der Waals surface area contributed by atoms with E-state index in [0.717, 1.165) is 16.1 Å². The molecule has 5 heteroatoms. The Morgan fingerprint density at radius 1 is 1.30 bits per heavy atom. The van der Waals surface area contributed by atoms with Crippen LogP contribution in [0.2, 0.25) is 5.02 Å². The van der Waals surface area contributed by atoms with Crippen LogP contribution in [0.15, 0.2) is 41.3 Å². The molecule has 2 aromatic carbocycles. The standard InChI is InChI=1S/C15H15ClN2OS/c1-9-4-3-5-10(6-9)18-13-8-11(20-2)7-12(16)14(13)15(17)19/h3-8,18H,1-2H3,(H2,17,19). The van der Waals surface area contributed by atoms with Crippen molar-refractivity contribution in [3.05, 3.63) is 52.5 Å². The van der Waals surface area contributed by atoms with Crippen LogP contribution in [0, 0.1) is 6.92 Å². The van der Waals surface area contributed by atoms with E-state index in [2.05, 4.69) is 5.32 Å². The van der Waals surface area contributed by atoms with Crippen molar-refractivity contribution in [3.8, 4) is 0 Å². The van der Waals surface area contributed by atoms with Gasteiger partial charge in [0, 0.05) is 10.6 Å². The van der Waals surface area contributed by atoms with Crippen molar-refractivity contribution in [1.29, 1.82) is 0 Å². The number of nitrogens with one attached hydrogen (secondary N) is 1. The molecule has 20 heavy (non-hydrogen) atoms. The minimum absolute atomic E-state index is 0.311. The number of hydrogen-bond acceptors (Lipinski definition) is 3. The lowest BCUT2D eigenvalue weighted by Crippen LogP contribution is -2.14. The molecule has 0 heterocycles. The number of anilines is 2. The highest BCUT2D eigenvalue weighted by Gasteiger charge is 2.14. The number of aryl methyl sites for hydroxylation is 1. The summed E-state index contributed by atoms with van der Waals surface area (Å²) < 4.78 is 0. The van der Waals surface area contributed by atoms with E-state index in [4.69, 9.17) is 17.3 Å². The zero-order chi connectivity index (χ0) is 14.7. The topological polar surface area (TPSA) is 55.1 Å². The molecule has 0 bridgehead atoms. The predicted octanol–water partition coefficient (Wildman–Crippen LogP) is 4.21. The molecular weight excluding hydrogens is 292 g/mol. The summed E-state index contributed by atoms with van der Waals surface area (Å²) in [6.07, 6.45) is 1.95. The number of halogens is 1. The van der Waals surface area contributed by atoms with Crippen LogP contribution in [-0.2, 0) is 0 Å². The maximum absolute atomic E-state index is 11.6. The average molecular weight is 307 g/mol. The number of nitrogens with two attached hydrogens (primary N) is 1. The summed E-state index contributed by atoms with van der Waals surface area (Å²) in [5.41, 5.74) is 8.37. The molecule has 1 amide bonds. The minimum atomic E-state index is -0.544. The third-order valence-electron chi connectivity index (χ3n) is 2.84. The molecule has 104 valence electrons. The Morgan fingerprint density at radius 3 is 2.65 bits per heavy atom. The second-order valence-corrected chi connectivity index (χ2v) is 5.68. The molecule has 0 saturated heterocycles. The SMILES string of the molecule is CSc1cc(Cl)c(C(N)=O)c(Nc2cccc(C)c2)c1. The molecule has 2 rings (SSSR count). The molecule has 0 aliphatic rings. The van der Waals surface area contributed by atoms with Gasteiger partial charge in [-0.25, -0.2) is 0 Å². The van der Waals surface area contributed by atoms with Gasteiger partial charge < -0.3 is 11.1 Å². The Kier molecular flexibility index (Phi) is 4.57. The Bertz CT molecular complexity index is 658. The lowest BCUT2D eigenvalue weighted by molar-refractivity contribution is 0.100. The van der Waals surface area contributed by atoms with E-state index in [9.17, 15) is 4.79 Å². The zero-order valence-electron chi connectivity index (χ0n) is 11.2. The fourth-order valence-corrected chi connectivity index (χ4v) is 2.78. The molecule has 0 spiro atoms. The number of primary amides is 1. The molecule has 0 saturated carbocycles. The number of hydrogen-bond donors (Lipinski definition) is 2. The van der Waals surface area contributed by atoms with Crippen LogP contribution in [0.1, 0.15) is 15.9 Å². The van der Waals surface area contributed by atoms with E-state index in [-0.39, 0.29) is 0 Å². The van der Waals surface area contributed by atoms with E-state index < -0.39 is 5.91 Å². The Hall–Kier alpha value is -1.65. The summed E-state index contributed by atoms with van der Waals surface area (Å²) in [4.78, 5) is 12.6. The highest BCUT2D eigenvalue weighted by atomic mass is 35.5. The van der Waals surface area contributed by atoms with Crippen molar-refractivity contribution in [1.82, 2.24) is 0 Å². The number of carbonyl (C=O) groups excluding carboxylic acids is 1. The van der Waals surface area contributed by atoms with Crippen molar-refractivity contribution in [2.45, 2.75) is 11.8 Å². The summed E-state index contributed by atoms with van der Waals surface area (Å²) in [7, 11) is 0. The fourth-order valence-electron chi connectivity index (χ4n) is 1.93. The number of rotatable bonds is 4. The number of amides is 1. The monoisotopic (exact) mass is 306 g/mol. The van der Waals surface area contributed by atoms with Crippen LogP contribution in [-0.4, -0.2) is 12.2 Å². The smallest absolute Gasteiger partial charge is 0.252 e. The number of carbonyl (C=O) groups is 1. The molecule has 3 nitrogen and oxygen atoms in total. The first-order valence-corrected chi connectivity index (χ1v) is 7.62. The molecule has 0 aliphatic carbocycles. The molecule has 3 N–H and O–H groups in total. The third-order valence-corrected chi connectivity index (χ3v) is 3.85. The van der Waals surface area contributed by atoms with Crippen molar-refractivity contribution in [2.75, 3.05) is 11.6 Å². The molecule has 0 fully saturated rings. The summed E-state index contributed by atoms with van der Waals surface area (Å²) in [5, 5.41) is 3.57. The van der Waals surface area contributed by atoms with Crippen molar-refractivity contribution >= 4 is 40.6 Å². The van der Waals surface area contributed by atoms with Crippen LogP contribution in [0.4, 0.5) is 11.4 Å². The van der Waals surface area contributed by atoms with Crippen molar-refractivity contribution in [2.24, 2.45) is 5.73 Å². The number of thioether (sulfide) groups is 1. The molecular formula is C15H15ClN2OS. The molecule has 0 atom stereocenters. The van der Waals surface area contributed by atoms with Gasteiger partial charge in [0.25, 0.3) is 5.91 Å². The highest BCUT2D eigenvalue weighted by Crippen LogP contribution is 2.32. The Morgan fingerprint density at radius 2 is 2.05 bits per heavy atom. The van der Waals surface area contributed by atoms with E-state index in [1.54, 1.807) is 17.8 Å². The summed E-state index contributed by atoms with van der Waals surface area (Å²) >= 11 is 7.71. The van der Waals surface area contributed by atoms with Crippen molar-refractivity contribution < 1.29 is 4.79 Å². The first-order chi connectivity index (χ1) is 9.51. The molecule has 0 aliphatic heterocycles. The van der Waals surface area contributed by atoms with Crippen LogP contribution in [0.5, 0.6) is 0 Å². The minimum Gasteiger partial charge on any atom is -0.365 e. The van der Waals surface area contributed by atoms with Gasteiger partial charge in [0.15, 0.2) is 0 Å². The quantitative estimate of drug-likeness (QED) is 0.832. The maximum atomic E-state index is 11.6. The lowest BCUT2D eigenvalue weighted by Gasteiger charge is -2.13. The molecule has 0 aromatic heterocycles. The molecule has 0 unspecified atom stereocenters.